The maximum absolute atomic E-state index is 12.8. The molecule has 2 unspecified atom stereocenters. The van der Waals surface area contributed by atoms with E-state index in [4.69, 9.17) is 5.73 Å². The summed E-state index contributed by atoms with van der Waals surface area (Å²) in [5.74, 6) is -0.106. The van der Waals surface area contributed by atoms with E-state index in [0.717, 1.165) is 18.4 Å². The van der Waals surface area contributed by atoms with Gasteiger partial charge < -0.3 is 10.6 Å². The van der Waals surface area contributed by atoms with Crippen LogP contribution in [0.4, 0.5) is 0 Å². The second kappa shape index (κ2) is 6.55. The standard InChI is InChI=1S/C20H24N2O/c1-14(19(21)15-8-4-3-5-9-15)20(23)22(2)18-12-16-10-6-7-11-17(16)13-18/h3-11,14,18-19H,12-13,21H2,1-2H3. The van der Waals surface area contributed by atoms with Crippen LogP contribution in [0.25, 0.3) is 0 Å². The first-order valence-corrected chi connectivity index (χ1v) is 8.22. The molecule has 0 saturated carbocycles. The van der Waals surface area contributed by atoms with Crippen LogP contribution < -0.4 is 5.73 Å². The number of rotatable bonds is 4. The van der Waals surface area contributed by atoms with Crippen LogP contribution in [0.1, 0.15) is 29.7 Å². The maximum Gasteiger partial charge on any atom is 0.227 e. The van der Waals surface area contributed by atoms with Crippen molar-refractivity contribution in [3.63, 3.8) is 0 Å². The van der Waals surface area contributed by atoms with Crippen LogP contribution in [0, 0.1) is 5.92 Å². The van der Waals surface area contributed by atoms with Crippen molar-refractivity contribution < 1.29 is 4.79 Å². The van der Waals surface area contributed by atoms with E-state index in [9.17, 15) is 4.79 Å². The molecule has 2 aromatic rings. The number of benzene rings is 2. The van der Waals surface area contributed by atoms with Crippen molar-refractivity contribution in [3.05, 3.63) is 71.3 Å². The fourth-order valence-electron chi connectivity index (χ4n) is 3.43. The molecule has 2 atom stereocenters. The highest BCUT2D eigenvalue weighted by Crippen LogP contribution is 2.27. The lowest BCUT2D eigenvalue weighted by molar-refractivity contribution is -0.136. The molecule has 0 aliphatic heterocycles. The summed E-state index contributed by atoms with van der Waals surface area (Å²) in [6.07, 6.45) is 1.87. The minimum Gasteiger partial charge on any atom is -0.342 e. The second-order valence-corrected chi connectivity index (χ2v) is 6.51. The predicted molar refractivity (Wildman–Crippen MR) is 92.9 cm³/mol. The number of nitrogens with zero attached hydrogens (tertiary/aromatic N) is 1. The third-order valence-corrected chi connectivity index (χ3v) is 5.04. The Balaban J connectivity index is 1.68. The molecule has 2 aromatic carbocycles. The van der Waals surface area contributed by atoms with Gasteiger partial charge in [-0.05, 0) is 29.5 Å². The van der Waals surface area contributed by atoms with Crippen molar-refractivity contribution in [2.75, 3.05) is 7.05 Å². The van der Waals surface area contributed by atoms with Gasteiger partial charge in [0, 0.05) is 19.1 Å². The van der Waals surface area contributed by atoms with E-state index in [0.29, 0.717) is 0 Å². The van der Waals surface area contributed by atoms with E-state index in [2.05, 4.69) is 24.3 Å². The summed E-state index contributed by atoms with van der Waals surface area (Å²) >= 11 is 0. The Morgan fingerprint density at radius 1 is 1.04 bits per heavy atom. The van der Waals surface area contributed by atoms with Crippen LogP contribution in [-0.4, -0.2) is 23.9 Å². The normalized spacial score (nSPS) is 16.7. The van der Waals surface area contributed by atoms with Crippen molar-refractivity contribution in [2.24, 2.45) is 11.7 Å². The maximum atomic E-state index is 12.8. The summed E-state index contributed by atoms with van der Waals surface area (Å²) < 4.78 is 0. The Morgan fingerprint density at radius 2 is 1.57 bits per heavy atom. The van der Waals surface area contributed by atoms with Crippen LogP contribution in [0.15, 0.2) is 54.6 Å². The summed E-state index contributed by atoms with van der Waals surface area (Å²) in [6, 6.07) is 18.3. The fraction of sp³-hybridized carbons (Fsp3) is 0.350. The van der Waals surface area contributed by atoms with Gasteiger partial charge in [0.05, 0.1) is 5.92 Å². The van der Waals surface area contributed by atoms with Crippen molar-refractivity contribution >= 4 is 5.91 Å². The van der Waals surface area contributed by atoms with E-state index >= 15 is 0 Å². The van der Waals surface area contributed by atoms with Gasteiger partial charge in [0.2, 0.25) is 5.91 Å². The van der Waals surface area contributed by atoms with Crippen LogP contribution in [0.3, 0.4) is 0 Å². The molecule has 1 aliphatic carbocycles. The average molecular weight is 308 g/mol. The summed E-state index contributed by atoms with van der Waals surface area (Å²) in [5.41, 5.74) is 10.0. The fourth-order valence-corrected chi connectivity index (χ4v) is 3.43. The van der Waals surface area contributed by atoms with E-state index < -0.39 is 0 Å². The van der Waals surface area contributed by atoms with Crippen molar-refractivity contribution in [1.82, 2.24) is 4.90 Å². The molecule has 1 aliphatic rings. The summed E-state index contributed by atoms with van der Waals surface area (Å²) in [6.45, 7) is 1.93. The lowest BCUT2D eigenvalue weighted by atomic mass is 9.93. The molecule has 0 aromatic heterocycles. The lowest BCUT2D eigenvalue weighted by Crippen LogP contribution is -2.43. The number of carbonyl (C=O) groups is 1. The third kappa shape index (κ3) is 3.15. The Labute approximate surface area is 138 Å². The quantitative estimate of drug-likeness (QED) is 0.944. The molecule has 0 fully saturated rings. The first kappa shape index (κ1) is 15.8. The van der Waals surface area contributed by atoms with Crippen molar-refractivity contribution in [1.29, 1.82) is 0 Å². The molecule has 1 amide bonds. The zero-order valence-corrected chi connectivity index (χ0v) is 13.8. The molecule has 0 heterocycles. The molecule has 3 heteroatoms. The largest absolute Gasteiger partial charge is 0.342 e. The molecule has 2 N–H and O–H groups in total. The van der Waals surface area contributed by atoms with Crippen LogP contribution in [-0.2, 0) is 17.6 Å². The molecule has 0 radical (unpaired) electrons. The highest BCUT2D eigenvalue weighted by Gasteiger charge is 2.31. The number of hydrogen-bond acceptors (Lipinski definition) is 2. The van der Waals surface area contributed by atoms with Crippen molar-refractivity contribution in [3.8, 4) is 0 Å². The zero-order valence-electron chi connectivity index (χ0n) is 13.8. The summed E-state index contributed by atoms with van der Waals surface area (Å²) in [5, 5.41) is 0. The predicted octanol–water partition coefficient (Wildman–Crippen LogP) is 2.95. The monoisotopic (exact) mass is 308 g/mol. The van der Waals surface area contributed by atoms with Crippen molar-refractivity contribution in [2.45, 2.75) is 31.8 Å². The Morgan fingerprint density at radius 3 is 2.13 bits per heavy atom. The molecular formula is C20H24N2O. The summed E-state index contributed by atoms with van der Waals surface area (Å²) in [7, 11) is 1.91. The highest BCUT2D eigenvalue weighted by atomic mass is 16.2. The number of fused-ring (bicyclic) bond motifs is 1. The smallest absolute Gasteiger partial charge is 0.227 e. The molecule has 0 bridgehead atoms. The summed E-state index contributed by atoms with van der Waals surface area (Å²) in [4.78, 5) is 14.7. The highest BCUT2D eigenvalue weighted by molar-refractivity contribution is 5.79. The van der Waals surface area contributed by atoms with Gasteiger partial charge in [-0.2, -0.15) is 0 Å². The molecule has 23 heavy (non-hydrogen) atoms. The van der Waals surface area contributed by atoms with Crippen LogP contribution >= 0.6 is 0 Å². The number of amides is 1. The van der Waals surface area contributed by atoms with Crippen LogP contribution in [0.5, 0.6) is 0 Å². The average Bonchev–Trinajstić information content (AvgIpc) is 3.04. The number of nitrogens with two attached hydrogens (primary N) is 1. The van der Waals surface area contributed by atoms with Gasteiger partial charge in [-0.1, -0.05) is 61.5 Å². The minimum atomic E-state index is -0.269. The first-order chi connectivity index (χ1) is 11.1. The first-order valence-electron chi connectivity index (χ1n) is 8.22. The van der Waals surface area contributed by atoms with E-state index in [1.165, 1.54) is 11.1 Å². The molecule has 120 valence electrons. The molecule has 3 nitrogen and oxygen atoms in total. The number of hydrogen-bond donors (Lipinski definition) is 1. The number of likely N-dealkylation sites (N-methyl/N-ethyl adjacent to an activating group) is 1. The van der Waals surface area contributed by atoms with Gasteiger partial charge in [0.15, 0.2) is 0 Å². The van der Waals surface area contributed by atoms with Gasteiger partial charge in [0.1, 0.15) is 0 Å². The second-order valence-electron chi connectivity index (χ2n) is 6.51. The minimum absolute atomic E-state index is 0.124. The Bertz CT molecular complexity index is 658. The van der Waals surface area contributed by atoms with Gasteiger partial charge >= 0.3 is 0 Å². The van der Waals surface area contributed by atoms with Gasteiger partial charge in [-0.15, -0.1) is 0 Å². The zero-order chi connectivity index (χ0) is 16.4. The number of carbonyl (C=O) groups excluding carboxylic acids is 1. The lowest BCUT2D eigenvalue weighted by Gasteiger charge is -2.30. The topological polar surface area (TPSA) is 46.3 Å². The third-order valence-electron chi connectivity index (χ3n) is 5.04. The molecule has 0 spiro atoms. The van der Waals surface area contributed by atoms with E-state index in [1.807, 2.05) is 49.2 Å². The SMILES string of the molecule is CC(C(=O)N(C)C1Cc2ccccc2C1)C(N)c1ccccc1. The Hall–Kier alpha value is -2.13. The molecule has 3 rings (SSSR count). The van der Waals surface area contributed by atoms with E-state index in [1.54, 1.807) is 0 Å². The van der Waals surface area contributed by atoms with Gasteiger partial charge in [-0.3, -0.25) is 4.79 Å². The van der Waals surface area contributed by atoms with Gasteiger partial charge in [0.25, 0.3) is 0 Å². The molecular weight excluding hydrogens is 284 g/mol. The van der Waals surface area contributed by atoms with E-state index in [-0.39, 0.29) is 23.9 Å². The van der Waals surface area contributed by atoms with Crippen LogP contribution in [0.2, 0.25) is 0 Å². The Kier molecular flexibility index (Phi) is 4.49. The van der Waals surface area contributed by atoms with Gasteiger partial charge in [-0.25, -0.2) is 0 Å². The molecule has 0 saturated heterocycles.